The Hall–Kier alpha value is -1.09. The number of aromatic nitrogens is 1. The van der Waals surface area contributed by atoms with Crippen LogP contribution in [0.25, 0.3) is 10.9 Å². The fraction of sp³-hybridized carbons (Fsp3) is 0.357. The Morgan fingerprint density at radius 1 is 1.18 bits per heavy atom. The quantitative estimate of drug-likeness (QED) is 0.845. The third kappa shape index (κ3) is 2.44. The first-order valence-electron chi connectivity index (χ1n) is 5.97. The van der Waals surface area contributed by atoms with Crippen molar-refractivity contribution in [2.75, 3.05) is 18.0 Å². The van der Waals surface area contributed by atoms with E-state index in [9.17, 15) is 0 Å². The van der Waals surface area contributed by atoms with Crippen LogP contribution in [-0.4, -0.2) is 18.1 Å². The molecule has 0 saturated heterocycles. The van der Waals surface area contributed by atoms with Crippen LogP contribution in [0, 0.1) is 6.92 Å². The van der Waals surface area contributed by atoms with Crippen LogP contribution in [0.15, 0.2) is 28.7 Å². The van der Waals surface area contributed by atoms with E-state index < -0.39 is 0 Å². The highest BCUT2D eigenvalue weighted by Gasteiger charge is 2.09. The Morgan fingerprint density at radius 3 is 2.53 bits per heavy atom. The summed E-state index contributed by atoms with van der Waals surface area (Å²) < 4.78 is 1.10. The van der Waals surface area contributed by atoms with Crippen molar-refractivity contribution in [3.63, 3.8) is 0 Å². The van der Waals surface area contributed by atoms with E-state index >= 15 is 0 Å². The van der Waals surface area contributed by atoms with E-state index in [1.165, 1.54) is 11.1 Å². The molecule has 0 aliphatic rings. The second kappa shape index (κ2) is 5.05. The first-order chi connectivity index (χ1) is 8.15. The standard InChI is InChI=1S/C14H17BrN2/c1-4-17(5-2)14-8-10(3)16-13-7-6-11(15)9-12(13)14/h6-9H,4-5H2,1-3H3. The number of rotatable bonds is 3. The van der Waals surface area contributed by atoms with E-state index in [1.807, 2.05) is 6.07 Å². The van der Waals surface area contributed by atoms with Gasteiger partial charge in [0.15, 0.2) is 0 Å². The van der Waals surface area contributed by atoms with Crippen LogP contribution in [0.5, 0.6) is 0 Å². The van der Waals surface area contributed by atoms with Crippen LogP contribution < -0.4 is 4.90 Å². The summed E-state index contributed by atoms with van der Waals surface area (Å²) in [4.78, 5) is 6.95. The molecule has 1 aromatic heterocycles. The molecule has 0 fully saturated rings. The lowest BCUT2D eigenvalue weighted by molar-refractivity contribution is 0.868. The fourth-order valence-corrected chi connectivity index (χ4v) is 2.50. The van der Waals surface area contributed by atoms with E-state index in [-0.39, 0.29) is 0 Å². The van der Waals surface area contributed by atoms with Gasteiger partial charge in [-0.1, -0.05) is 15.9 Å². The normalized spacial score (nSPS) is 10.8. The van der Waals surface area contributed by atoms with E-state index in [2.05, 4.69) is 64.8 Å². The monoisotopic (exact) mass is 292 g/mol. The van der Waals surface area contributed by atoms with Gasteiger partial charge in [0.1, 0.15) is 0 Å². The van der Waals surface area contributed by atoms with Crippen molar-refractivity contribution in [3.05, 3.63) is 34.4 Å². The van der Waals surface area contributed by atoms with Gasteiger partial charge in [-0.2, -0.15) is 0 Å². The van der Waals surface area contributed by atoms with E-state index in [0.29, 0.717) is 0 Å². The predicted octanol–water partition coefficient (Wildman–Crippen LogP) is 4.15. The zero-order valence-electron chi connectivity index (χ0n) is 10.5. The molecule has 2 nitrogen and oxygen atoms in total. The number of halogens is 1. The summed E-state index contributed by atoms with van der Waals surface area (Å²) >= 11 is 3.53. The molecule has 0 atom stereocenters. The van der Waals surface area contributed by atoms with Crippen LogP contribution in [-0.2, 0) is 0 Å². The molecule has 0 radical (unpaired) electrons. The largest absolute Gasteiger partial charge is 0.371 e. The molecule has 1 aromatic carbocycles. The first-order valence-corrected chi connectivity index (χ1v) is 6.76. The molecule has 0 saturated carbocycles. The molecule has 3 heteroatoms. The van der Waals surface area contributed by atoms with Gasteiger partial charge in [0.25, 0.3) is 0 Å². The fourth-order valence-electron chi connectivity index (χ4n) is 2.13. The molecule has 2 rings (SSSR count). The summed E-state index contributed by atoms with van der Waals surface area (Å²) in [7, 11) is 0. The zero-order valence-corrected chi connectivity index (χ0v) is 12.1. The Bertz CT molecular complexity index is 533. The third-order valence-corrected chi connectivity index (χ3v) is 3.47. The minimum atomic E-state index is 1.02. The number of fused-ring (bicyclic) bond motifs is 1. The average molecular weight is 293 g/mol. The van der Waals surface area contributed by atoms with Gasteiger partial charge in [0.2, 0.25) is 0 Å². The molecule has 0 bridgehead atoms. The average Bonchev–Trinajstić information content (AvgIpc) is 2.31. The Labute approximate surface area is 111 Å². The highest BCUT2D eigenvalue weighted by molar-refractivity contribution is 9.10. The maximum atomic E-state index is 4.58. The van der Waals surface area contributed by atoms with Gasteiger partial charge in [-0.05, 0) is 45.0 Å². The number of benzene rings is 1. The second-order valence-electron chi connectivity index (χ2n) is 4.12. The lowest BCUT2D eigenvalue weighted by Crippen LogP contribution is -2.22. The third-order valence-electron chi connectivity index (χ3n) is 2.98. The van der Waals surface area contributed by atoms with Crippen molar-refractivity contribution >= 4 is 32.5 Å². The van der Waals surface area contributed by atoms with Crippen molar-refractivity contribution in [1.29, 1.82) is 0 Å². The van der Waals surface area contributed by atoms with E-state index in [0.717, 1.165) is 28.8 Å². The number of aryl methyl sites for hydroxylation is 1. The Kier molecular flexibility index (Phi) is 3.67. The molecule has 17 heavy (non-hydrogen) atoms. The molecule has 90 valence electrons. The zero-order chi connectivity index (χ0) is 12.4. The lowest BCUT2D eigenvalue weighted by atomic mass is 10.1. The summed E-state index contributed by atoms with van der Waals surface area (Å²) in [5.41, 5.74) is 3.41. The Morgan fingerprint density at radius 2 is 1.88 bits per heavy atom. The van der Waals surface area contributed by atoms with Crippen molar-refractivity contribution in [1.82, 2.24) is 4.98 Å². The minimum Gasteiger partial charge on any atom is -0.371 e. The van der Waals surface area contributed by atoms with Gasteiger partial charge in [0.05, 0.1) is 5.52 Å². The SMILES string of the molecule is CCN(CC)c1cc(C)nc2ccc(Br)cc12. The van der Waals surface area contributed by atoms with Gasteiger partial charge in [0, 0.05) is 34.3 Å². The van der Waals surface area contributed by atoms with Crippen LogP contribution in [0.2, 0.25) is 0 Å². The van der Waals surface area contributed by atoms with Crippen LogP contribution in [0.3, 0.4) is 0 Å². The number of pyridine rings is 1. The Balaban J connectivity index is 2.71. The lowest BCUT2D eigenvalue weighted by Gasteiger charge is -2.23. The summed E-state index contributed by atoms with van der Waals surface area (Å²) in [6.07, 6.45) is 0. The van der Waals surface area contributed by atoms with Crippen LogP contribution in [0.4, 0.5) is 5.69 Å². The van der Waals surface area contributed by atoms with E-state index in [4.69, 9.17) is 0 Å². The molecule has 0 aliphatic heterocycles. The molecule has 1 heterocycles. The molecule has 0 N–H and O–H groups in total. The van der Waals surface area contributed by atoms with Gasteiger partial charge in [-0.25, -0.2) is 0 Å². The van der Waals surface area contributed by atoms with Crippen molar-refractivity contribution in [3.8, 4) is 0 Å². The molecule has 2 aromatic rings. The number of anilines is 1. The summed E-state index contributed by atoms with van der Waals surface area (Å²) in [6, 6.07) is 8.43. The molecular weight excluding hydrogens is 276 g/mol. The maximum absolute atomic E-state index is 4.58. The van der Waals surface area contributed by atoms with Crippen molar-refractivity contribution in [2.24, 2.45) is 0 Å². The topological polar surface area (TPSA) is 16.1 Å². The predicted molar refractivity (Wildman–Crippen MR) is 77.7 cm³/mol. The van der Waals surface area contributed by atoms with Gasteiger partial charge in [-0.3, -0.25) is 4.98 Å². The van der Waals surface area contributed by atoms with Crippen molar-refractivity contribution in [2.45, 2.75) is 20.8 Å². The number of nitrogens with zero attached hydrogens (tertiary/aromatic N) is 2. The maximum Gasteiger partial charge on any atom is 0.0726 e. The highest BCUT2D eigenvalue weighted by Crippen LogP contribution is 2.29. The highest BCUT2D eigenvalue weighted by atomic mass is 79.9. The number of hydrogen-bond acceptors (Lipinski definition) is 2. The van der Waals surface area contributed by atoms with Crippen LogP contribution >= 0.6 is 15.9 Å². The molecular formula is C14H17BrN2. The minimum absolute atomic E-state index is 1.02. The van der Waals surface area contributed by atoms with Gasteiger partial charge < -0.3 is 4.90 Å². The van der Waals surface area contributed by atoms with E-state index in [1.54, 1.807) is 0 Å². The summed E-state index contributed by atoms with van der Waals surface area (Å²) in [6.45, 7) is 8.45. The smallest absolute Gasteiger partial charge is 0.0726 e. The van der Waals surface area contributed by atoms with Gasteiger partial charge >= 0.3 is 0 Å². The molecule has 0 amide bonds. The summed E-state index contributed by atoms with van der Waals surface area (Å²) in [5.74, 6) is 0. The van der Waals surface area contributed by atoms with Crippen molar-refractivity contribution < 1.29 is 0 Å². The second-order valence-corrected chi connectivity index (χ2v) is 5.03. The summed E-state index contributed by atoms with van der Waals surface area (Å²) in [5, 5.41) is 1.22. The molecule has 0 unspecified atom stereocenters. The van der Waals surface area contributed by atoms with Crippen LogP contribution in [0.1, 0.15) is 19.5 Å². The molecule has 0 aliphatic carbocycles. The molecule has 0 spiro atoms. The number of hydrogen-bond donors (Lipinski definition) is 0. The first kappa shape index (κ1) is 12.4. The van der Waals surface area contributed by atoms with Gasteiger partial charge in [-0.15, -0.1) is 0 Å².